The van der Waals surface area contributed by atoms with Gasteiger partial charge in [-0.05, 0) is 31.0 Å². The summed E-state index contributed by atoms with van der Waals surface area (Å²) >= 11 is 1.11. The lowest BCUT2D eigenvalue weighted by Gasteiger charge is -2.22. The molecular formula is C22H28N4O6S. The maximum atomic E-state index is 13.0. The first-order valence-corrected chi connectivity index (χ1v) is 11.3. The quantitative estimate of drug-likeness (QED) is 0.482. The monoisotopic (exact) mass is 476 g/mol. The molecule has 3 rings (SSSR count). The Morgan fingerprint density at radius 3 is 2.70 bits per heavy atom. The van der Waals surface area contributed by atoms with E-state index in [1.54, 1.807) is 38.3 Å². The molecule has 2 heterocycles. The molecule has 0 saturated carbocycles. The molecule has 2 aromatic rings. The summed E-state index contributed by atoms with van der Waals surface area (Å²) in [5.41, 5.74) is 0.874. The molecule has 1 aromatic carbocycles. The van der Waals surface area contributed by atoms with Crippen LogP contribution in [0.25, 0.3) is 0 Å². The molecule has 178 valence electrons. The SMILES string of the molecule is CC.COC(=O)c1csc(N2C(=O)C(N(C=O)C(=O)NCc3cccc(OC)c3)CC2C)n1. The van der Waals surface area contributed by atoms with Crippen molar-refractivity contribution in [3.05, 3.63) is 40.9 Å². The third-order valence-electron chi connectivity index (χ3n) is 4.88. The fraction of sp³-hybridized carbons (Fsp3) is 0.409. The number of thiazole rings is 1. The lowest BCUT2D eigenvalue weighted by Crippen LogP contribution is -2.48. The molecule has 1 aliphatic rings. The van der Waals surface area contributed by atoms with Gasteiger partial charge >= 0.3 is 12.0 Å². The molecule has 33 heavy (non-hydrogen) atoms. The van der Waals surface area contributed by atoms with Gasteiger partial charge in [0.2, 0.25) is 6.41 Å². The van der Waals surface area contributed by atoms with Gasteiger partial charge < -0.3 is 14.8 Å². The van der Waals surface area contributed by atoms with E-state index in [4.69, 9.17) is 4.74 Å². The first-order valence-electron chi connectivity index (χ1n) is 10.4. The highest BCUT2D eigenvalue weighted by Gasteiger charge is 2.44. The smallest absolute Gasteiger partial charge is 0.357 e. The first kappa shape index (κ1) is 25.8. The van der Waals surface area contributed by atoms with Gasteiger partial charge in [0.25, 0.3) is 5.91 Å². The van der Waals surface area contributed by atoms with Crippen LogP contribution in [0.1, 0.15) is 43.2 Å². The second-order valence-corrected chi connectivity index (χ2v) is 7.68. The summed E-state index contributed by atoms with van der Waals surface area (Å²) in [4.78, 5) is 55.4. The normalized spacial score (nSPS) is 17.0. The average molecular weight is 477 g/mol. The van der Waals surface area contributed by atoms with Gasteiger partial charge in [0.05, 0.1) is 14.2 Å². The number of methoxy groups -OCH3 is 2. The van der Waals surface area contributed by atoms with E-state index >= 15 is 0 Å². The maximum Gasteiger partial charge on any atom is 0.357 e. The summed E-state index contributed by atoms with van der Waals surface area (Å²) in [6.07, 6.45) is 0.596. The number of hydrogen-bond acceptors (Lipinski definition) is 8. The van der Waals surface area contributed by atoms with E-state index in [0.29, 0.717) is 17.3 Å². The van der Waals surface area contributed by atoms with Crippen molar-refractivity contribution in [1.82, 2.24) is 15.2 Å². The molecule has 1 aromatic heterocycles. The van der Waals surface area contributed by atoms with Crippen molar-refractivity contribution in [3.8, 4) is 5.75 Å². The zero-order chi connectivity index (χ0) is 24.5. The van der Waals surface area contributed by atoms with Crippen LogP contribution in [0.15, 0.2) is 29.6 Å². The van der Waals surface area contributed by atoms with Crippen LogP contribution >= 0.6 is 11.3 Å². The number of imide groups is 1. The zero-order valence-electron chi connectivity index (χ0n) is 19.2. The van der Waals surface area contributed by atoms with Gasteiger partial charge in [-0.2, -0.15) is 0 Å². The van der Waals surface area contributed by atoms with Crippen LogP contribution in [0.4, 0.5) is 9.93 Å². The number of benzene rings is 1. The average Bonchev–Trinajstić information content (AvgIpc) is 3.43. The lowest BCUT2D eigenvalue weighted by molar-refractivity contribution is -0.126. The van der Waals surface area contributed by atoms with Crippen molar-refractivity contribution < 1.29 is 28.7 Å². The zero-order valence-corrected chi connectivity index (χ0v) is 20.0. The van der Waals surface area contributed by atoms with E-state index in [2.05, 4.69) is 15.0 Å². The number of aromatic nitrogens is 1. The molecule has 2 unspecified atom stereocenters. The molecule has 0 radical (unpaired) electrons. The van der Waals surface area contributed by atoms with Crippen LogP contribution in [-0.2, 0) is 20.9 Å². The van der Waals surface area contributed by atoms with Gasteiger partial charge in [-0.3, -0.25) is 19.4 Å². The van der Waals surface area contributed by atoms with E-state index in [-0.39, 0.29) is 24.7 Å². The Labute approximate surface area is 196 Å². The number of rotatable bonds is 7. The third kappa shape index (κ3) is 5.86. The molecule has 0 bridgehead atoms. The second kappa shape index (κ2) is 12.0. The number of hydrogen-bond donors (Lipinski definition) is 1. The van der Waals surface area contributed by atoms with Gasteiger partial charge in [0.15, 0.2) is 10.8 Å². The number of anilines is 1. The van der Waals surface area contributed by atoms with Crippen LogP contribution in [-0.4, -0.2) is 60.5 Å². The van der Waals surface area contributed by atoms with Gasteiger partial charge in [-0.1, -0.05) is 26.0 Å². The number of ether oxygens (including phenoxy) is 2. The summed E-state index contributed by atoms with van der Waals surface area (Å²) in [6.45, 7) is 5.95. The standard InChI is InChI=1S/C20H22N4O6S.C2H6/c1-12-7-16(17(26)24(12)20-22-15(10-31-20)18(27)30-3)23(11-25)19(28)21-9-13-5-4-6-14(8-13)29-2;1-2/h4-6,8,10-12,16H,7,9H2,1-3H3,(H,21,28);1-2H3. The summed E-state index contributed by atoms with van der Waals surface area (Å²) in [7, 11) is 2.79. The number of carbonyl (C=O) groups is 4. The van der Waals surface area contributed by atoms with Gasteiger partial charge in [0.1, 0.15) is 11.8 Å². The maximum absolute atomic E-state index is 13.0. The molecule has 11 heteroatoms. The topological polar surface area (TPSA) is 118 Å². The van der Waals surface area contributed by atoms with Crippen molar-refractivity contribution in [3.63, 3.8) is 0 Å². The van der Waals surface area contributed by atoms with E-state index < -0.39 is 23.9 Å². The largest absolute Gasteiger partial charge is 0.497 e. The minimum absolute atomic E-state index is 0.0919. The highest BCUT2D eigenvalue weighted by molar-refractivity contribution is 7.14. The van der Waals surface area contributed by atoms with Crippen molar-refractivity contribution in [2.45, 2.75) is 45.8 Å². The molecular weight excluding hydrogens is 448 g/mol. The number of carbonyl (C=O) groups excluding carboxylic acids is 4. The third-order valence-corrected chi connectivity index (χ3v) is 5.72. The van der Waals surface area contributed by atoms with E-state index in [9.17, 15) is 19.2 Å². The van der Waals surface area contributed by atoms with Crippen molar-refractivity contribution in [2.75, 3.05) is 19.1 Å². The number of nitrogens with zero attached hydrogens (tertiary/aromatic N) is 3. The summed E-state index contributed by atoms with van der Waals surface area (Å²) in [5.74, 6) is -0.407. The van der Waals surface area contributed by atoms with Crippen molar-refractivity contribution in [2.24, 2.45) is 0 Å². The van der Waals surface area contributed by atoms with Crippen LogP contribution < -0.4 is 15.0 Å². The highest BCUT2D eigenvalue weighted by atomic mass is 32.1. The number of urea groups is 1. The summed E-state index contributed by atoms with van der Waals surface area (Å²) < 4.78 is 9.79. The number of esters is 1. The van der Waals surface area contributed by atoms with Crippen LogP contribution in [0.2, 0.25) is 0 Å². The molecule has 0 spiro atoms. The predicted octanol–water partition coefficient (Wildman–Crippen LogP) is 2.83. The fourth-order valence-corrected chi connectivity index (χ4v) is 4.21. The molecule has 1 fully saturated rings. The van der Waals surface area contributed by atoms with Crippen LogP contribution in [0, 0.1) is 0 Å². The lowest BCUT2D eigenvalue weighted by atomic mass is 10.1. The Bertz CT molecular complexity index is 995. The fourth-order valence-electron chi connectivity index (χ4n) is 3.31. The molecule has 10 nitrogen and oxygen atoms in total. The minimum Gasteiger partial charge on any atom is -0.497 e. The van der Waals surface area contributed by atoms with Crippen molar-refractivity contribution >= 4 is 40.8 Å². The molecule has 2 atom stereocenters. The molecule has 1 N–H and O–H groups in total. The van der Waals surface area contributed by atoms with Crippen LogP contribution in [0.3, 0.4) is 0 Å². The molecule has 1 aliphatic heterocycles. The Hall–Kier alpha value is -3.47. The summed E-state index contributed by atoms with van der Waals surface area (Å²) in [6, 6.07) is 5.16. The number of amides is 4. The van der Waals surface area contributed by atoms with Crippen LogP contribution in [0.5, 0.6) is 5.75 Å². The second-order valence-electron chi connectivity index (χ2n) is 6.84. The highest BCUT2D eigenvalue weighted by Crippen LogP contribution is 2.31. The molecule has 4 amide bonds. The Kier molecular flexibility index (Phi) is 9.34. The van der Waals surface area contributed by atoms with Crippen molar-refractivity contribution in [1.29, 1.82) is 0 Å². The molecule has 0 aliphatic carbocycles. The van der Waals surface area contributed by atoms with E-state index in [0.717, 1.165) is 21.8 Å². The number of nitrogens with one attached hydrogen (secondary N) is 1. The van der Waals surface area contributed by atoms with Gasteiger partial charge in [-0.15, -0.1) is 11.3 Å². The summed E-state index contributed by atoms with van der Waals surface area (Å²) in [5, 5.41) is 4.45. The van der Waals surface area contributed by atoms with Gasteiger partial charge in [-0.25, -0.2) is 14.6 Å². The minimum atomic E-state index is -0.969. The molecule has 1 saturated heterocycles. The Morgan fingerprint density at radius 1 is 1.33 bits per heavy atom. The van der Waals surface area contributed by atoms with E-state index in [1.165, 1.54) is 17.4 Å². The Balaban J connectivity index is 0.00000187. The van der Waals surface area contributed by atoms with Gasteiger partial charge in [0, 0.05) is 18.0 Å². The van der Waals surface area contributed by atoms with E-state index in [1.807, 2.05) is 13.8 Å². The predicted molar refractivity (Wildman–Crippen MR) is 123 cm³/mol. The Morgan fingerprint density at radius 2 is 2.06 bits per heavy atom. The first-order chi connectivity index (χ1) is 15.9.